The van der Waals surface area contributed by atoms with Gasteiger partial charge in [-0.3, -0.25) is 9.69 Å². The highest BCUT2D eigenvalue weighted by Crippen LogP contribution is 2.36. The Morgan fingerprint density at radius 1 is 1.12 bits per heavy atom. The lowest BCUT2D eigenvalue weighted by Gasteiger charge is -2.17. The van der Waals surface area contributed by atoms with Gasteiger partial charge >= 0.3 is 5.97 Å². The Morgan fingerprint density at radius 3 is 2.45 bits per heavy atom. The number of rotatable bonds is 9. The van der Waals surface area contributed by atoms with Crippen molar-refractivity contribution in [2.75, 3.05) is 27.4 Å². The van der Waals surface area contributed by atoms with Gasteiger partial charge in [-0.15, -0.1) is 0 Å². The Hall–Kier alpha value is -3.46. The van der Waals surface area contributed by atoms with Crippen LogP contribution in [0.4, 0.5) is 5.69 Å². The zero-order chi connectivity index (χ0) is 24.0. The van der Waals surface area contributed by atoms with Gasteiger partial charge in [-0.1, -0.05) is 19.9 Å². The number of hydrogen-bond acceptors (Lipinski definition) is 7. The Labute approximate surface area is 196 Å². The molecule has 0 saturated carbocycles. The third-order valence-electron chi connectivity index (χ3n) is 4.57. The highest BCUT2D eigenvalue weighted by atomic mass is 32.2. The third-order valence-corrected chi connectivity index (χ3v) is 5.58. The number of nitrogens with zero attached hydrogens (tertiary/aromatic N) is 2. The molecule has 3 rings (SSSR count). The molecule has 0 bridgehead atoms. The van der Waals surface area contributed by atoms with Crippen molar-refractivity contribution < 1.29 is 28.9 Å². The second-order valence-electron chi connectivity index (χ2n) is 7.61. The predicted molar refractivity (Wildman–Crippen MR) is 128 cm³/mol. The number of amidine groups is 1. The van der Waals surface area contributed by atoms with Gasteiger partial charge in [-0.25, -0.2) is 9.79 Å². The molecule has 0 atom stereocenters. The number of benzene rings is 2. The lowest BCUT2D eigenvalue weighted by Crippen LogP contribution is -2.32. The number of carbonyl (C=O) groups is 2. The summed E-state index contributed by atoms with van der Waals surface area (Å²) in [4.78, 5) is 30.8. The van der Waals surface area contributed by atoms with Crippen molar-refractivity contribution in [2.24, 2.45) is 10.9 Å². The number of carbonyl (C=O) groups excluding carboxylic acids is 1. The molecule has 2 aromatic carbocycles. The summed E-state index contributed by atoms with van der Waals surface area (Å²) in [6.45, 7) is 4.17. The maximum Gasteiger partial charge on any atom is 0.341 e. The first-order valence-corrected chi connectivity index (χ1v) is 11.1. The van der Waals surface area contributed by atoms with Crippen molar-refractivity contribution in [2.45, 2.75) is 13.8 Å². The topological polar surface area (TPSA) is 97.7 Å². The van der Waals surface area contributed by atoms with Gasteiger partial charge in [0.2, 0.25) is 0 Å². The van der Waals surface area contributed by atoms with Crippen LogP contribution in [0.15, 0.2) is 52.4 Å². The maximum absolute atomic E-state index is 13.2. The molecule has 0 aromatic heterocycles. The summed E-state index contributed by atoms with van der Waals surface area (Å²) in [6.07, 6.45) is 1.76. The number of carboxylic acid groups (broad SMARTS) is 1. The summed E-state index contributed by atoms with van der Waals surface area (Å²) in [7, 11) is 3.08. The van der Waals surface area contributed by atoms with Crippen LogP contribution in [-0.4, -0.2) is 54.4 Å². The van der Waals surface area contributed by atoms with Crippen molar-refractivity contribution in [3.63, 3.8) is 0 Å². The molecule has 1 heterocycles. The van der Waals surface area contributed by atoms with Crippen molar-refractivity contribution in [3.05, 3.63) is 52.9 Å². The Bertz CT molecular complexity index is 1080. The number of aliphatic carboxylic acids is 1. The van der Waals surface area contributed by atoms with Gasteiger partial charge in [0.25, 0.3) is 5.91 Å². The number of hydrogen-bond donors (Lipinski definition) is 1. The highest BCUT2D eigenvalue weighted by molar-refractivity contribution is 8.18. The molecule has 0 radical (unpaired) electrons. The number of amides is 1. The van der Waals surface area contributed by atoms with E-state index in [1.165, 1.54) is 18.9 Å². The smallest absolute Gasteiger partial charge is 0.341 e. The predicted octanol–water partition coefficient (Wildman–Crippen LogP) is 4.43. The molecule has 174 valence electrons. The standard InChI is InChI=1S/C24H26N2O6S/c1-15(2)13-26-23(29)21(33-24(26)25-17-6-8-18(30-3)9-7-17)12-16-5-10-19(20(11-16)31-4)32-14-22(27)28/h5-12,15H,13-14H2,1-4H3,(H,27,28)/b21-12-,25-24?. The second kappa shape index (κ2) is 10.9. The van der Waals surface area contributed by atoms with Gasteiger partial charge in [0.15, 0.2) is 23.3 Å². The molecule has 9 heteroatoms. The zero-order valence-corrected chi connectivity index (χ0v) is 19.7. The fourth-order valence-corrected chi connectivity index (χ4v) is 4.08. The van der Waals surface area contributed by atoms with Crippen LogP contribution in [0.3, 0.4) is 0 Å². The van der Waals surface area contributed by atoms with E-state index in [1.54, 1.807) is 36.3 Å². The lowest BCUT2D eigenvalue weighted by atomic mass is 10.1. The number of carboxylic acids is 1. The molecule has 1 amide bonds. The van der Waals surface area contributed by atoms with Crippen molar-refractivity contribution in [1.29, 1.82) is 0 Å². The van der Waals surface area contributed by atoms with Crippen LogP contribution in [0.5, 0.6) is 17.2 Å². The quantitative estimate of drug-likeness (QED) is 0.542. The van der Waals surface area contributed by atoms with Crippen LogP contribution < -0.4 is 14.2 Å². The van der Waals surface area contributed by atoms with Gasteiger partial charge < -0.3 is 19.3 Å². The molecule has 8 nitrogen and oxygen atoms in total. The van der Waals surface area contributed by atoms with E-state index in [1.807, 2.05) is 38.1 Å². The van der Waals surface area contributed by atoms with Crippen molar-refractivity contribution in [1.82, 2.24) is 4.90 Å². The summed E-state index contributed by atoms with van der Waals surface area (Å²) < 4.78 is 15.8. The minimum absolute atomic E-state index is 0.119. The van der Waals surface area contributed by atoms with Crippen LogP contribution in [0.1, 0.15) is 19.4 Å². The van der Waals surface area contributed by atoms with E-state index in [0.717, 1.165) is 17.0 Å². The van der Waals surface area contributed by atoms with E-state index in [9.17, 15) is 9.59 Å². The van der Waals surface area contributed by atoms with E-state index < -0.39 is 12.6 Å². The maximum atomic E-state index is 13.2. The first kappa shape index (κ1) is 24.2. The van der Waals surface area contributed by atoms with Crippen molar-refractivity contribution in [3.8, 4) is 17.2 Å². The first-order chi connectivity index (χ1) is 15.8. The second-order valence-corrected chi connectivity index (χ2v) is 8.61. The Morgan fingerprint density at radius 2 is 1.85 bits per heavy atom. The molecule has 1 N–H and O–H groups in total. The van der Waals surface area contributed by atoms with Crippen molar-refractivity contribution >= 4 is 40.6 Å². The van der Waals surface area contributed by atoms with Crippen LogP contribution >= 0.6 is 11.8 Å². The van der Waals surface area contributed by atoms with Gasteiger partial charge in [-0.2, -0.15) is 0 Å². The Balaban J connectivity index is 1.90. The Kier molecular flexibility index (Phi) is 8.00. The molecule has 1 saturated heterocycles. The minimum atomic E-state index is -1.08. The first-order valence-electron chi connectivity index (χ1n) is 10.3. The summed E-state index contributed by atoms with van der Waals surface area (Å²) >= 11 is 1.31. The fraction of sp³-hybridized carbons (Fsp3) is 0.292. The number of aliphatic imine (C=N–C) groups is 1. The molecule has 33 heavy (non-hydrogen) atoms. The molecular formula is C24H26N2O6S. The third kappa shape index (κ3) is 6.29. The summed E-state index contributed by atoms with van der Waals surface area (Å²) in [5.41, 5.74) is 1.45. The molecule has 0 spiro atoms. The minimum Gasteiger partial charge on any atom is -0.497 e. The molecule has 2 aromatic rings. The average Bonchev–Trinajstić information content (AvgIpc) is 3.06. The van der Waals surface area contributed by atoms with E-state index in [0.29, 0.717) is 28.1 Å². The van der Waals surface area contributed by atoms with Gasteiger partial charge in [0.05, 0.1) is 24.8 Å². The molecule has 1 aliphatic rings. The molecule has 0 aliphatic carbocycles. The van der Waals surface area contributed by atoms with Gasteiger partial charge in [0.1, 0.15) is 5.75 Å². The largest absolute Gasteiger partial charge is 0.497 e. The SMILES string of the molecule is COc1ccc(N=C2S/C(=C\c3ccc(OCC(=O)O)c(OC)c3)C(=O)N2CC(C)C)cc1. The van der Waals surface area contributed by atoms with E-state index >= 15 is 0 Å². The average molecular weight is 471 g/mol. The number of methoxy groups -OCH3 is 2. The molecule has 0 unspecified atom stereocenters. The van der Waals surface area contributed by atoms with Gasteiger partial charge in [0, 0.05) is 6.54 Å². The number of thioether (sulfide) groups is 1. The fourth-order valence-electron chi connectivity index (χ4n) is 3.07. The van der Waals surface area contributed by atoms with Crippen LogP contribution in [0, 0.1) is 5.92 Å². The lowest BCUT2D eigenvalue weighted by molar-refractivity contribution is -0.139. The summed E-state index contributed by atoms with van der Waals surface area (Å²) in [5.74, 6) is 0.498. The molecular weight excluding hydrogens is 444 g/mol. The van der Waals surface area contributed by atoms with E-state index in [4.69, 9.17) is 19.3 Å². The number of ether oxygens (including phenoxy) is 3. The molecule has 1 aliphatic heterocycles. The van der Waals surface area contributed by atoms with Gasteiger partial charge in [-0.05, 0) is 65.7 Å². The summed E-state index contributed by atoms with van der Waals surface area (Å²) in [6, 6.07) is 12.4. The van der Waals surface area contributed by atoms with Crippen LogP contribution in [0.25, 0.3) is 6.08 Å². The highest BCUT2D eigenvalue weighted by Gasteiger charge is 2.33. The van der Waals surface area contributed by atoms with E-state index in [2.05, 4.69) is 4.99 Å². The molecule has 1 fully saturated rings. The van der Waals surface area contributed by atoms with Crippen LogP contribution in [-0.2, 0) is 9.59 Å². The van der Waals surface area contributed by atoms with Crippen LogP contribution in [0.2, 0.25) is 0 Å². The van der Waals surface area contributed by atoms with E-state index in [-0.39, 0.29) is 11.8 Å². The normalized spacial score (nSPS) is 16.0. The monoisotopic (exact) mass is 470 g/mol. The zero-order valence-electron chi connectivity index (χ0n) is 18.9. The summed E-state index contributed by atoms with van der Waals surface area (Å²) in [5, 5.41) is 9.43.